The van der Waals surface area contributed by atoms with E-state index in [2.05, 4.69) is 41.6 Å². The Labute approximate surface area is 150 Å². The average molecular weight is 340 g/mol. The number of hydrogen-bond acceptors (Lipinski definition) is 3. The lowest BCUT2D eigenvalue weighted by molar-refractivity contribution is -0.131. The lowest BCUT2D eigenvalue weighted by atomic mass is 9.87. The number of amides is 1. The number of aromatic nitrogens is 2. The molecule has 25 heavy (non-hydrogen) atoms. The van der Waals surface area contributed by atoms with Gasteiger partial charge in [0.2, 0.25) is 5.91 Å². The molecule has 1 N–H and O–H groups in total. The third-order valence-corrected chi connectivity index (χ3v) is 5.02. The second-order valence-electron chi connectivity index (χ2n) is 7.13. The standard InChI is InChI=1S/C20H28N4O/c1-15-11-22-24(13-15)14-16(2)21-12-20(25)23(3)19-10-6-8-17-7-4-5-9-18(17)19/h4-5,7,9,11,13,16,19,21H,6,8,10,12,14H2,1-3H3/t16-,19+/m1/s1. The maximum atomic E-state index is 12.7. The lowest BCUT2D eigenvalue weighted by Gasteiger charge is -2.33. The smallest absolute Gasteiger partial charge is 0.236 e. The van der Waals surface area contributed by atoms with Crippen molar-refractivity contribution in [3.05, 3.63) is 53.3 Å². The molecule has 0 spiro atoms. The highest BCUT2D eigenvalue weighted by atomic mass is 16.2. The zero-order valence-electron chi connectivity index (χ0n) is 15.4. The first-order chi connectivity index (χ1) is 12.0. The monoisotopic (exact) mass is 340 g/mol. The fourth-order valence-electron chi connectivity index (χ4n) is 3.60. The maximum Gasteiger partial charge on any atom is 0.236 e. The zero-order chi connectivity index (χ0) is 17.8. The van der Waals surface area contributed by atoms with Gasteiger partial charge in [-0.1, -0.05) is 24.3 Å². The van der Waals surface area contributed by atoms with Crippen LogP contribution < -0.4 is 5.32 Å². The molecular weight excluding hydrogens is 312 g/mol. The number of nitrogens with zero attached hydrogens (tertiary/aromatic N) is 3. The van der Waals surface area contributed by atoms with E-state index in [4.69, 9.17) is 0 Å². The molecular formula is C20H28N4O. The van der Waals surface area contributed by atoms with Crippen LogP contribution in [0.2, 0.25) is 0 Å². The molecule has 0 unspecified atom stereocenters. The Morgan fingerprint density at radius 3 is 3.00 bits per heavy atom. The predicted octanol–water partition coefficient (Wildman–Crippen LogP) is 2.71. The van der Waals surface area contributed by atoms with E-state index in [0.29, 0.717) is 6.54 Å². The fraction of sp³-hybridized carbons (Fsp3) is 0.500. The lowest BCUT2D eigenvalue weighted by Crippen LogP contribution is -2.42. The number of nitrogens with one attached hydrogen (secondary N) is 1. The number of fused-ring (bicyclic) bond motifs is 1. The first-order valence-corrected chi connectivity index (χ1v) is 9.10. The van der Waals surface area contributed by atoms with Crippen LogP contribution in [0.3, 0.4) is 0 Å². The molecule has 0 saturated carbocycles. The highest BCUT2D eigenvalue weighted by Gasteiger charge is 2.26. The van der Waals surface area contributed by atoms with Crippen LogP contribution in [0.4, 0.5) is 0 Å². The Hall–Kier alpha value is -2.14. The quantitative estimate of drug-likeness (QED) is 0.880. The van der Waals surface area contributed by atoms with Crippen molar-refractivity contribution in [3.8, 4) is 0 Å². The largest absolute Gasteiger partial charge is 0.338 e. The molecule has 1 heterocycles. The van der Waals surface area contributed by atoms with Gasteiger partial charge in [0.25, 0.3) is 0 Å². The molecule has 0 aliphatic heterocycles. The topological polar surface area (TPSA) is 50.2 Å². The molecule has 5 nitrogen and oxygen atoms in total. The molecule has 3 rings (SSSR count). The number of aryl methyl sites for hydroxylation is 2. The molecule has 5 heteroatoms. The molecule has 0 bridgehead atoms. The summed E-state index contributed by atoms with van der Waals surface area (Å²) >= 11 is 0. The van der Waals surface area contributed by atoms with E-state index in [9.17, 15) is 4.79 Å². The van der Waals surface area contributed by atoms with E-state index in [-0.39, 0.29) is 18.0 Å². The summed E-state index contributed by atoms with van der Waals surface area (Å²) < 4.78 is 1.92. The van der Waals surface area contributed by atoms with Gasteiger partial charge in [0, 0.05) is 19.3 Å². The van der Waals surface area contributed by atoms with Crippen LogP contribution >= 0.6 is 0 Å². The number of rotatable bonds is 6. The number of likely N-dealkylation sites (N-methyl/N-ethyl adjacent to an activating group) is 1. The van der Waals surface area contributed by atoms with E-state index in [1.807, 2.05) is 35.9 Å². The summed E-state index contributed by atoms with van der Waals surface area (Å²) in [6, 6.07) is 8.90. The van der Waals surface area contributed by atoms with Gasteiger partial charge in [0.15, 0.2) is 0 Å². The van der Waals surface area contributed by atoms with E-state index >= 15 is 0 Å². The second-order valence-corrected chi connectivity index (χ2v) is 7.13. The highest BCUT2D eigenvalue weighted by Crippen LogP contribution is 2.33. The average Bonchev–Trinajstić information content (AvgIpc) is 3.03. The van der Waals surface area contributed by atoms with Gasteiger partial charge in [0.1, 0.15) is 0 Å². The van der Waals surface area contributed by atoms with Crippen LogP contribution in [0.15, 0.2) is 36.7 Å². The van der Waals surface area contributed by atoms with Crippen LogP contribution in [0.5, 0.6) is 0 Å². The van der Waals surface area contributed by atoms with Crippen molar-refractivity contribution in [1.29, 1.82) is 0 Å². The first-order valence-electron chi connectivity index (χ1n) is 9.10. The Balaban J connectivity index is 1.54. The van der Waals surface area contributed by atoms with E-state index in [0.717, 1.165) is 31.4 Å². The van der Waals surface area contributed by atoms with Crippen molar-refractivity contribution >= 4 is 5.91 Å². The molecule has 0 saturated heterocycles. The van der Waals surface area contributed by atoms with E-state index in [1.165, 1.54) is 11.1 Å². The molecule has 1 aromatic carbocycles. The minimum atomic E-state index is 0.144. The predicted molar refractivity (Wildman–Crippen MR) is 99.3 cm³/mol. The molecule has 0 fully saturated rings. The highest BCUT2D eigenvalue weighted by molar-refractivity contribution is 5.78. The van der Waals surface area contributed by atoms with Crippen molar-refractivity contribution in [2.45, 2.75) is 51.7 Å². The molecule has 1 amide bonds. The van der Waals surface area contributed by atoms with Crippen LogP contribution in [0.1, 0.15) is 42.5 Å². The molecule has 1 aliphatic rings. The zero-order valence-corrected chi connectivity index (χ0v) is 15.4. The van der Waals surface area contributed by atoms with Gasteiger partial charge >= 0.3 is 0 Å². The Morgan fingerprint density at radius 1 is 1.44 bits per heavy atom. The van der Waals surface area contributed by atoms with Gasteiger partial charge in [-0.25, -0.2) is 0 Å². The SMILES string of the molecule is Cc1cnn(C[C@@H](C)NCC(=O)N(C)[C@H]2CCCc3ccccc32)c1. The van der Waals surface area contributed by atoms with Gasteiger partial charge in [-0.2, -0.15) is 5.10 Å². The second kappa shape index (κ2) is 7.83. The fourth-order valence-corrected chi connectivity index (χ4v) is 3.60. The number of hydrogen-bond donors (Lipinski definition) is 1. The summed E-state index contributed by atoms with van der Waals surface area (Å²) in [4.78, 5) is 14.6. The summed E-state index contributed by atoms with van der Waals surface area (Å²) in [5, 5.41) is 7.63. The normalized spacial score (nSPS) is 17.8. The van der Waals surface area contributed by atoms with Crippen LogP contribution in [0, 0.1) is 6.92 Å². The van der Waals surface area contributed by atoms with Crippen molar-refractivity contribution in [2.75, 3.05) is 13.6 Å². The van der Waals surface area contributed by atoms with Crippen molar-refractivity contribution < 1.29 is 4.79 Å². The van der Waals surface area contributed by atoms with Crippen molar-refractivity contribution in [3.63, 3.8) is 0 Å². The third kappa shape index (κ3) is 4.28. The van der Waals surface area contributed by atoms with Gasteiger partial charge in [-0.05, 0) is 49.8 Å². The molecule has 2 atom stereocenters. The Morgan fingerprint density at radius 2 is 2.24 bits per heavy atom. The Kier molecular flexibility index (Phi) is 5.53. The van der Waals surface area contributed by atoms with Crippen LogP contribution in [0.25, 0.3) is 0 Å². The summed E-state index contributed by atoms with van der Waals surface area (Å²) in [6.07, 6.45) is 7.17. The molecule has 0 radical (unpaired) electrons. The molecule has 134 valence electrons. The third-order valence-electron chi connectivity index (χ3n) is 5.02. The minimum Gasteiger partial charge on any atom is -0.338 e. The molecule has 1 aliphatic carbocycles. The van der Waals surface area contributed by atoms with Crippen molar-refractivity contribution in [1.82, 2.24) is 20.0 Å². The number of benzene rings is 1. The number of carbonyl (C=O) groups excluding carboxylic acids is 1. The van der Waals surface area contributed by atoms with Crippen LogP contribution in [-0.2, 0) is 17.8 Å². The first kappa shape index (κ1) is 17.7. The van der Waals surface area contributed by atoms with Crippen LogP contribution in [-0.4, -0.2) is 40.2 Å². The Bertz CT molecular complexity index is 724. The van der Waals surface area contributed by atoms with Crippen molar-refractivity contribution in [2.24, 2.45) is 0 Å². The summed E-state index contributed by atoms with van der Waals surface area (Å²) in [5.41, 5.74) is 3.84. The minimum absolute atomic E-state index is 0.144. The number of carbonyl (C=O) groups is 1. The van der Waals surface area contributed by atoms with E-state index < -0.39 is 0 Å². The van der Waals surface area contributed by atoms with Gasteiger partial charge in [-0.3, -0.25) is 9.48 Å². The summed E-state index contributed by atoms with van der Waals surface area (Å²) in [7, 11) is 1.93. The molecule has 2 aromatic rings. The van der Waals surface area contributed by atoms with Gasteiger partial charge in [0.05, 0.1) is 25.3 Å². The van der Waals surface area contributed by atoms with Gasteiger partial charge in [-0.15, -0.1) is 0 Å². The van der Waals surface area contributed by atoms with Gasteiger partial charge < -0.3 is 10.2 Å². The summed E-state index contributed by atoms with van der Waals surface area (Å²) in [6.45, 7) is 5.23. The van der Waals surface area contributed by atoms with E-state index in [1.54, 1.807) is 0 Å². The maximum absolute atomic E-state index is 12.7. The molecule has 1 aromatic heterocycles. The summed E-state index contributed by atoms with van der Waals surface area (Å²) in [5.74, 6) is 0.144.